The minimum absolute atomic E-state index is 0.283. The molecule has 28 heavy (non-hydrogen) atoms. The van der Waals surface area contributed by atoms with Crippen LogP contribution in [0.25, 0.3) is 0 Å². The molecule has 0 saturated heterocycles. The minimum atomic E-state index is -0.815. The highest BCUT2D eigenvalue weighted by Crippen LogP contribution is 2.28. The molecule has 2 aromatic carbocycles. The third kappa shape index (κ3) is 5.74. The average molecular weight is 381 g/mol. The van der Waals surface area contributed by atoms with Gasteiger partial charge in [0, 0.05) is 6.54 Å². The Kier molecular flexibility index (Phi) is 7.85. The molecule has 0 spiro atoms. The Balaban J connectivity index is 1.90. The minimum Gasteiger partial charge on any atom is -0.490 e. The fourth-order valence-corrected chi connectivity index (χ4v) is 2.52. The molecule has 0 aliphatic heterocycles. The molecule has 2 aromatic rings. The molecule has 2 N–H and O–H groups in total. The first kappa shape index (κ1) is 20.8. The predicted molar refractivity (Wildman–Crippen MR) is 105 cm³/mol. The van der Waals surface area contributed by atoms with E-state index in [-0.39, 0.29) is 6.54 Å². The van der Waals surface area contributed by atoms with Gasteiger partial charge in [0.05, 0.1) is 24.5 Å². The molecule has 0 bridgehead atoms. The molecule has 0 unspecified atom stereocenters. The van der Waals surface area contributed by atoms with Gasteiger partial charge in [-0.15, -0.1) is 0 Å². The van der Waals surface area contributed by atoms with Gasteiger partial charge in [0.2, 0.25) is 0 Å². The number of carbonyl (C=O) groups is 2. The molecule has 7 nitrogen and oxygen atoms in total. The van der Waals surface area contributed by atoms with E-state index in [0.29, 0.717) is 42.4 Å². The summed E-state index contributed by atoms with van der Waals surface area (Å²) in [5.74, 6) is -0.250. The summed E-state index contributed by atoms with van der Waals surface area (Å²) in [6, 6.07) is 14.0. The number of hydrogen-bond donors (Lipinski definition) is 2. The lowest BCUT2D eigenvalue weighted by molar-refractivity contribution is -0.136. The number of nitrogens with one attached hydrogen (secondary N) is 2. The van der Waals surface area contributed by atoms with Crippen LogP contribution in [-0.4, -0.2) is 31.6 Å². The lowest BCUT2D eigenvalue weighted by Crippen LogP contribution is -2.36. The van der Waals surface area contributed by atoms with Crippen molar-refractivity contribution in [1.29, 1.82) is 5.26 Å². The van der Waals surface area contributed by atoms with E-state index in [4.69, 9.17) is 14.7 Å². The van der Waals surface area contributed by atoms with E-state index in [1.54, 1.807) is 24.3 Å². The van der Waals surface area contributed by atoms with Gasteiger partial charge in [-0.05, 0) is 50.1 Å². The van der Waals surface area contributed by atoms with Crippen molar-refractivity contribution in [3.8, 4) is 17.6 Å². The number of ether oxygens (including phenoxy) is 2. The Morgan fingerprint density at radius 2 is 1.71 bits per heavy atom. The quantitative estimate of drug-likeness (QED) is 0.685. The van der Waals surface area contributed by atoms with E-state index >= 15 is 0 Å². The maximum atomic E-state index is 12.0. The summed E-state index contributed by atoms with van der Waals surface area (Å²) in [7, 11) is 0. The number of nitriles is 1. The van der Waals surface area contributed by atoms with E-state index in [2.05, 4.69) is 10.6 Å². The van der Waals surface area contributed by atoms with Crippen LogP contribution < -0.4 is 20.1 Å². The maximum Gasteiger partial charge on any atom is 0.313 e. The molecule has 2 rings (SSSR count). The number of para-hydroxylation sites is 1. The van der Waals surface area contributed by atoms with E-state index < -0.39 is 11.8 Å². The zero-order valence-electron chi connectivity index (χ0n) is 16.0. The van der Waals surface area contributed by atoms with Crippen molar-refractivity contribution >= 4 is 17.5 Å². The van der Waals surface area contributed by atoms with Gasteiger partial charge in [-0.3, -0.25) is 9.59 Å². The van der Waals surface area contributed by atoms with E-state index in [1.165, 1.54) is 0 Å². The molecule has 0 aromatic heterocycles. The maximum absolute atomic E-state index is 12.0. The summed E-state index contributed by atoms with van der Waals surface area (Å²) < 4.78 is 11.1. The summed E-state index contributed by atoms with van der Waals surface area (Å²) in [4.78, 5) is 24.0. The fourth-order valence-electron chi connectivity index (χ4n) is 2.52. The Labute approximate surface area is 164 Å². The molecule has 0 heterocycles. The van der Waals surface area contributed by atoms with E-state index in [1.807, 2.05) is 38.1 Å². The van der Waals surface area contributed by atoms with Crippen molar-refractivity contribution in [3.63, 3.8) is 0 Å². The lowest BCUT2D eigenvalue weighted by Gasteiger charge is -2.12. The van der Waals surface area contributed by atoms with Crippen LogP contribution in [0.15, 0.2) is 42.5 Å². The number of carbonyl (C=O) groups excluding carboxylic acids is 2. The molecular weight excluding hydrogens is 358 g/mol. The monoisotopic (exact) mass is 381 g/mol. The summed E-state index contributed by atoms with van der Waals surface area (Å²) in [5, 5.41) is 14.1. The predicted octanol–water partition coefficient (Wildman–Crippen LogP) is 2.65. The Morgan fingerprint density at radius 3 is 2.43 bits per heavy atom. The first-order valence-electron chi connectivity index (χ1n) is 9.05. The summed E-state index contributed by atoms with van der Waals surface area (Å²) in [5.41, 5.74) is 1.54. The van der Waals surface area contributed by atoms with Gasteiger partial charge >= 0.3 is 11.8 Å². The number of nitrogens with zero attached hydrogens (tertiary/aromatic N) is 1. The molecule has 146 valence electrons. The molecule has 0 fully saturated rings. The second-order valence-corrected chi connectivity index (χ2v) is 5.76. The highest BCUT2D eigenvalue weighted by atomic mass is 16.5. The fraction of sp³-hybridized carbons (Fsp3) is 0.286. The van der Waals surface area contributed by atoms with Gasteiger partial charge in [0.1, 0.15) is 6.07 Å². The van der Waals surface area contributed by atoms with Crippen LogP contribution in [0, 0.1) is 11.3 Å². The first-order valence-corrected chi connectivity index (χ1v) is 9.05. The van der Waals surface area contributed by atoms with Crippen LogP contribution in [0.1, 0.15) is 25.0 Å². The smallest absolute Gasteiger partial charge is 0.313 e. The largest absolute Gasteiger partial charge is 0.490 e. The Bertz CT molecular complexity index is 874. The Morgan fingerprint density at radius 1 is 1.00 bits per heavy atom. The summed E-state index contributed by atoms with van der Waals surface area (Å²) >= 11 is 0. The Hall–Kier alpha value is -3.53. The van der Waals surface area contributed by atoms with Crippen molar-refractivity contribution in [2.45, 2.75) is 20.3 Å². The summed E-state index contributed by atoms with van der Waals surface area (Å²) in [6.45, 7) is 5.14. The van der Waals surface area contributed by atoms with Crippen molar-refractivity contribution in [2.24, 2.45) is 0 Å². The average Bonchev–Trinajstić information content (AvgIpc) is 2.70. The van der Waals surface area contributed by atoms with Crippen molar-refractivity contribution in [2.75, 3.05) is 25.1 Å². The zero-order valence-corrected chi connectivity index (χ0v) is 16.0. The standard InChI is InChI=1S/C21H23N3O4/c1-3-27-18-10-9-15(13-19(18)28-4-2)11-12-23-20(25)21(26)24-17-8-6-5-7-16(17)14-22/h5-10,13H,3-4,11-12H2,1-2H3,(H,23,25)(H,24,26). The van der Waals surface area contributed by atoms with Crippen LogP contribution >= 0.6 is 0 Å². The van der Waals surface area contributed by atoms with Gasteiger partial charge < -0.3 is 20.1 Å². The summed E-state index contributed by atoms with van der Waals surface area (Å²) in [6.07, 6.45) is 0.528. The zero-order chi connectivity index (χ0) is 20.4. The van der Waals surface area contributed by atoms with Crippen LogP contribution in [0.2, 0.25) is 0 Å². The molecule has 7 heteroatoms. The highest BCUT2D eigenvalue weighted by molar-refractivity contribution is 6.39. The second-order valence-electron chi connectivity index (χ2n) is 5.76. The van der Waals surface area contributed by atoms with Gasteiger partial charge in [-0.2, -0.15) is 5.26 Å². The third-order valence-electron chi connectivity index (χ3n) is 3.81. The molecular formula is C21H23N3O4. The molecule has 0 atom stereocenters. The molecule has 0 saturated carbocycles. The molecule has 2 amide bonds. The second kappa shape index (κ2) is 10.6. The molecule has 0 radical (unpaired) electrons. The third-order valence-corrected chi connectivity index (χ3v) is 3.81. The molecule has 0 aliphatic carbocycles. The number of benzene rings is 2. The SMILES string of the molecule is CCOc1ccc(CCNC(=O)C(=O)Nc2ccccc2C#N)cc1OCC. The number of rotatable bonds is 8. The number of amides is 2. The first-order chi connectivity index (χ1) is 13.6. The topological polar surface area (TPSA) is 100 Å². The lowest BCUT2D eigenvalue weighted by atomic mass is 10.1. The van der Waals surface area contributed by atoms with Crippen LogP contribution in [0.5, 0.6) is 11.5 Å². The van der Waals surface area contributed by atoms with Crippen LogP contribution in [0.4, 0.5) is 5.69 Å². The van der Waals surface area contributed by atoms with Crippen LogP contribution in [0.3, 0.4) is 0 Å². The van der Waals surface area contributed by atoms with Gasteiger partial charge in [-0.25, -0.2) is 0 Å². The van der Waals surface area contributed by atoms with Gasteiger partial charge in [-0.1, -0.05) is 18.2 Å². The number of hydrogen-bond acceptors (Lipinski definition) is 5. The van der Waals surface area contributed by atoms with E-state index in [0.717, 1.165) is 5.56 Å². The van der Waals surface area contributed by atoms with Crippen molar-refractivity contribution in [1.82, 2.24) is 5.32 Å². The van der Waals surface area contributed by atoms with E-state index in [9.17, 15) is 9.59 Å². The number of anilines is 1. The van der Waals surface area contributed by atoms with Crippen molar-refractivity contribution in [3.05, 3.63) is 53.6 Å². The van der Waals surface area contributed by atoms with Crippen LogP contribution in [-0.2, 0) is 16.0 Å². The normalized spacial score (nSPS) is 9.89. The van der Waals surface area contributed by atoms with Gasteiger partial charge in [0.15, 0.2) is 11.5 Å². The van der Waals surface area contributed by atoms with Crippen molar-refractivity contribution < 1.29 is 19.1 Å². The van der Waals surface area contributed by atoms with Gasteiger partial charge in [0.25, 0.3) is 0 Å². The highest BCUT2D eigenvalue weighted by Gasteiger charge is 2.15. The molecule has 0 aliphatic rings.